The molecule has 4 aliphatic carbocycles. The minimum absolute atomic E-state index is 0.0858. The molecule has 5 nitrogen and oxygen atoms in total. The van der Waals surface area contributed by atoms with Gasteiger partial charge in [0.1, 0.15) is 11.7 Å². The average molecular weight is 426 g/mol. The summed E-state index contributed by atoms with van der Waals surface area (Å²) in [5.41, 5.74) is 0.514. The molecule has 5 heteroatoms. The largest absolute Gasteiger partial charge is 0.493 e. The van der Waals surface area contributed by atoms with Crippen LogP contribution in [0.3, 0.4) is 0 Å². The Morgan fingerprint density at radius 3 is 2.61 bits per heavy atom. The second-order valence-electron chi connectivity index (χ2n) is 11.6. The van der Waals surface area contributed by atoms with E-state index in [2.05, 4.69) is 44.3 Å². The van der Waals surface area contributed by atoms with E-state index >= 15 is 0 Å². The SMILES string of the molecule is COc1ccc2c3c1O[C@H]1[C@@]4(OC)C=C[C@@]5(C[C@@H]4C(C)(O)C(C)(C)C)[C@@H](C2)NCC[C@]315. The number of hydrogen-bond acceptors (Lipinski definition) is 5. The molecular weight excluding hydrogens is 390 g/mol. The third-order valence-electron chi connectivity index (χ3n) is 10.0. The van der Waals surface area contributed by atoms with Crippen LogP contribution in [0.2, 0.25) is 0 Å². The molecule has 1 aromatic carbocycles. The Balaban J connectivity index is 1.66. The van der Waals surface area contributed by atoms with Crippen molar-refractivity contribution in [3.8, 4) is 11.5 Å². The summed E-state index contributed by atoms with van der Waals surface area (Å²) in [6.07, 6.45) is 7.35. The second-order valence-corrected chi connectivity index (χ2v) is 11.6. The van der Waals surface area contributed by atoms with Gasteiger partial charge in [0.05, 0.1) is 18.1 Å². The maximum absolute atomic E-state index is 12.0. The van der Waals surface area contributed by atoms with Crippen LogP contribution in [0.25, 0.3) is 0 Å². The van der Waals surface area contributed by atoms with Crippen LogP contribution in [0.4, 0.5) is 0 Å². The van der Waals surface area contributed by atoms with Crippen molar-refractivity contribution >= 4 is 0 Å². The Hall–Kier alpha value is -1.56. The predicted molar refractivity (Wildman–Crippen MR) is 119 cm³/mol. The highest BCUT2D eigenvalue weighted by Crippen LogP contribution is 2.75. The molecule has 31 heavy (non-hydrogen) atoms. The zero-order valence-electron chi connectivity index (χ0n) is 19.5. The number of rotatable bonds is 3. The molecule has 7 atom stereocenters. The Morgan fingerprint density at radius 2 is 1.94 bits per heavy atom. The maximum atomic E-state index is 12.0. The van der Waals surface area contributed by atoms with Gasteiger partial charge in [-0.15, -0.1) is 0 Å². The Labute approximate surface area is 185 Å². The van der Waals surface area contributed by atoms with E-state index in [-0.39, 0.29) is 28.3 Å². The summed E-state index contributed by atoms with van der Waals surface area (Å²) in [4.78, 5) is 0. The van der Waals surface area contributed by atoms with Crippen molar-refractivity contribution in [1.82, 2.24) is 5.32 Å². The van der Waals surface area contributed by atoms with Gasteiger partial charge in [-0.25, -0.2) is 0 Å². The van der Waals surface area contributed by atoms with Gasteiger partial charge in [-0.2, -0.15) is 0 Å². The molecule has 2 fully saturated rings. The molecule has 1 saturated carbocycles. The van der Waals surface area contributed by atoms with E-state index < -0.39 is 11.2 Å². The van der Waals surface area contributed by atoms with Gasteiger partial charge in [0.25, 0.3) is 0 Å². The van der Waals surface area contributed by atoms with Gasteiger partial charge in [-0.05, 0) is 49.8 Å². The van der Waals surface area contributed by atoms with E-state index in [9.17, 15) is 5.11 Å². The van der Waals surface area contributed by atoms with Crippen LogP contribution in [0.5, 0.6) is 11.5 Å². The first kappa shape index (κ1) is 20.1. The molecule has 0 radical (unpaired) electrons. The molecule has 7 rings (SSSR count). The highest BCUT2D eigenvalue weighted by atomic mass is 16.6. The molecule has 4 bridgehead atoms. The van der Waals surface area contributed by atoms with Crippen LogP contribution in [0.1, 0.15) is 51.7 Å². The van der Waals surface area contributed by atoms with E-state index in [0.29, 0.717) is 6.04 Å². The molecule has 2 heterocycles. The third kappa shape index (κ3) is 1.93. The molecule has 2 aliphatic heterocycles. The van der Waals surface area contributed by atoms with E-state index in [4.69, 9.17) is 14.2 Å². The van der Waals surface area contributed by atoms with Gasteiger partial charge >= 0.3 is 0 Å². The van der Waals surface area contributed by atoms with Gasteiger partial charge in [-0.1, -0.05) is 39.0 Å². The predicted octanol–water partition coefficient (Wildman–Crippen LogP) is 3.37. The minimum atomic E-state index is -0.931. The number of aliphatic hydroxyl groups is 1. The summed E-state index contributed by atoms with van der Waals surface area (Å²) >= 11 is 0. The minimum Gasteiger partial charge on any atom is -0.493 e. The summed E-state index contributed by atoms with van der Waals surface area (Å²) in [5.74, 6) is 1.62. The summed E-state index contributed by atoms with van der Waals surface area (Å²) in [7, 11) is 3.51. The molecule has 2 N–H and O–H groups in total. The third-order valence-corrected chi connectivity index (χ3v) is 10.0. The van der Waals surface area contributed by atoms with Crippen molar-refractivity contribution in [3.63, 3.8) is 0 Å². The van der Waals surface area contributed by atoms with Crippen LogP contribution in [-0.2, 0) is 16.6 Å². The van der Waals surface area contributed by atoms with Crippen molar-refractivity contribution < 1.29 is 19.3 Å². The van der Waals surface area contributed by atoms with Gasteiger partial charge in [0, 0.05) is 30.0 Å². The van der Waals surface area contributed by atoms with Crippen LogP contribution >= 0.6 is 0 Å². The second kappa shape index (κ2) is 5.67. The van der Waals surface area contributed by atoms with Gasteiger partial charge in [-0.3, -0.25) is 0 Å². The van der Waals surface area contributed by atoms with Crippen molar-refractivity contribution in [2.75, 3.05) is 20.8 Å². The fourth-order valence-electron chi connectivity index (χ4n) is 8.04. The fraction of sp³-hybridized carbons (Fsp3) is 0.692. The number of piperidine rings is 1. The lowest BCUT2D eigenvalue weighted by Gasteiger charge is -2.71. The fourth-order valence-corrected chi connectivity index (χ4v) is 8.04. The van der Waals surface area contributed by atoms with E-state index in [1.807, 2.05) is 13.0 Å². The quantitative estimate of drug-likeness (QED) is 0.727. The number of hydrogen-bond donors (Lipinski definition) is 2. The highest BCUT2D eigenvalue weighted by Gasteiger charge is 2.80. The van der Waals surface area contributed by atoms with Crippen molar-refractivity contribution in [2.45, 2.75) is 75.7 Å². The lowest BCUT2D eigenvalue weighted by atomic mass is 9.35. The molecule has 0 amide bonds. The molecular formula is C26H35NO4. The van der Waals surface area contributed by atoms with Crippen LogP contribution in [-0.4, -0.2) is 49.2 Å². The summed E-state index contributed by atoms with van der Waals surface area (Å²) < 4.78 is 19.1. The monoisotopic (exact) mass is 425 g/mol. The van der Waals surface area contributed by atoms with Gasteiger partial charge in [0.15, 0.2) is 11.5 Å². The lowest BCUT2D eigenvalue weighted by Crippen LogP contribution is -2.81. The Kier molecular flexibility index (Phi) is 3.67. The number of nitrogens with one attached hydrogen (secondary N) is 1. The highest BCUT2D eigenvalue weighted by molar-refractivity contribution is 5.65. The smallest absolute Gasteiger partial charge is 0.166 e. The first-order chi connectivity index (χ1) is 14.6. The molecule has 2 spiro atoms. The average Bonchev–Trinajstić information content (AvgIpc) is 3.09. The normalized spacial score (nSPS) is 43.3. The topological polar surface area (TPSA) is 60.0 Å². The first-order valence-corrected chi connectivity index (χ1v) is 11.7. The maximum Gasteiger partial charge on any atom is 0.166 e. The standard InChI is InChI=1S/C26H35NO4/c1-22(2,3)23(4,28)17-14-24-9-10-26(17,30-6)21-25(24)11-12-27-18(24)13-15-7-8-16(29-5)20(31-21)19(15)25/h7-10,17-18,21,27-28H,11-14H2,1-6H3/t17-,18-,21-,23?,24-,25+,26-/m1/s1. The van der Waals surface area contributed by atoms with Gasteiger partial charge in [0.2, 0.25) is 0 Å². The lowest BCUT2D eigenvalue weighted by molar-refractivity contribution is -0.254. The molecule has 6 aliphatic rings. The summed E-state index contributed by atoms with van der Waals surface area (Å²) in [5, 5.41) is 15.9. The summed E-state index contributed by atoms with van der Waals surface area (Å²) in [6.45, 7) is 9.34. The molecule has 1 aromatic rings. The number of methoxy groups -OCH3 is 2. The van der Waals surface area contributed by atoms with Crippen LogP contribution in [0, 0.1) is 16.7 Å². The van der Waals surface area contributed by atoms with Crippen molar-refractivity contribution in [2.24, 2.45) is 16.7 Å². The first-order valence-electron chi connectivity index (χ1n) is 11.7. The van der Waals surface area contributed by atoms with E-state index in [1.54, 1.807) is 14.2 Å². The van der Waals surface area contributed by atoms with Crippen LogP contribution in [0.15, 0.2) is 24.3 Å². The molecule has 0 aromatic heterocycles. The number of ether oxygens (including phenoxy) is 3. The van der Waals surface area contributed by atoms with E-state index in [1.165, 1.54) is 11.1 Å². The van der Waals surface area contributed by atoms with Crippen LogP contribution < -0.4 is 14.8 Å². The van der Waals surface area contributed by atoms with Gasteiger partial charge < -0.3 is 24.6 Å². The zero-order chi connectivity index (χ0) is 22.0. The molecule has 1 unspecified atom stereocenters. The van der Waals surface area contributed by atoms with Crippen molar-refractivity contribution in [1.29, 1.82) is 0 Å². The Bertz CT molecular complexity index is 994. The number of fused-ring (bicyclic) bond motifs is 1. The number of benzene rings is 1. The molecule has 1 saturated heterocycles. The zero-order valence-corrected chi connectivity index (χ0v) is 19.5. The summed E-state index contributed by atoms with van der Waals surface area (Å²) in [6, 6.07) is 4.60. The molecule has 168 valence electrons. The van der Waals surface area contributed by atoms with Crippen molar-refractivity contribution in [3.05, 3.63) is 35.4 Å². The Morgan fingerprint density at radius 1 is 1.16 bits per heavy atom. The van der Waals surface area contributed by atoms with E-state index in [0.717, 1.165) is 37.3 Å².